The van der Waals surface area contributed by atoms with E-state index in [0.29, 0.717) is 11.2 Å². The fourth-order valence-corrected chi connectivity index (χ4v) is 2.59. The third kappa shape index (κ3) is 2.52. The second kappa shape index (κ2) is 4.97. The normalized spacial score (nSPS) is 15.2. The van der Waals surface area contributed by atoms with Crippen LogP contribution < -0.4 is 4.90 Å². The second-order valence-electron chi connectivity index (χ2n) is 5.55. The Bertz CT molecular complexity index is 593. The smallest absolute Gasteiger partial charge is 0.159 e. The van der Waals surface area contributed by atoms with Crippen LogP contribution in [0, 0.1) is 5.92 Å². The molecule has 0 aliphatic heterocycles. The van der Waals surface area contributed by atoms with Crippen molar-refractivity contribution in [3.63, 3.8) is 0 Å². The topological polar surface area (TPSA) is 29.0 Å². The Morgan fingerprint density at radius 2 is 1.89 bits per heavy atom. The molecule has 1 saturated carbocycles. The van der Waals surface area contributed by atoms with Gasteiger partial charge in [-0.2, -0.15) is 0 Å². The monoisotopic (exact) mass is 275 g/mol. The van der Waals surface area contributed by atoms with Crippen LogP contribution in [0.4, 0.5) is 5.82 Å². The lowest BCUT2D eigenvalue weighted by Gasteiger charge is -2.28. The van der Waals surface area contributed by atoms with Crippen LogP contribution >= 0.6 is 11.6 Å². The Kier molecular flexibility index (Phi) is 3.31. The lowest BCUT2D eigenvalue weighted by molar-refractivity contribution is 0.635. The first-order chi connectivity index (χ1) is 9.16. The Morgan fingerprint density at radius 1 is 1.21 bits per heavy atom. The molecule has 0 N–H and O–H groups in total. The van der Waals surface area contributed by atoms with E-state index in [-0.39, 0.29) is 0 Å². The van der Waals surface area contributed by atoms with Gasteiger partial charge in [-0.05, 0) is 32.6 Å². The number of anilines is 1. The molecule has 1 aromatic carbocycles. The van der Waals surface area contributed by atoms with Crippen LogP contribution in [0.3, 0.4) is 0 Å². The van der Waals surface area contributed by atoms with Gasteiger partial charge < -0.3 is 4.90 Å². The predicted octanol–water partition coefficient (Wildman–Crippen LogP) is 3.91. The zero-order chi connectivity index (χ0) is 13.4. The molecular weight excluding hydrogens is 258 g/mol. The maximum absolute atomic E-state index is 6.14. The molecule has 1 aliphatic carbocycles. The molecule has 3 rings (SSSR count). The van der Waals surface area contributed by atoms with Gasteiger partial charge in [-0.25, -0.2) is 0 Å². The number of benzene rings is 1. The van der Waals surface area contributed by atoms with Crippen LogP contribution in [0.1, 0.15) is 26.7 Å². The number of rotatable bonds is 4. The van der Waals surface area contributed by atoms with Crippen molar-refractivity contribution < 1.29 is 0 Å². The van der Waals surface area contributed by atoms with E-state index in [1.165, 1.54) is 12.8 Å². The summed E-state index contributed by atoms with van der Waals surface area (Å²) in [6.45, 7) is 5.47. The molecule has 0 atom stereocenters. The standard InChI is InChI=1S/C15H18ClN3/c1-10(2)19(9-11-7-8-11)15-13-6-4-3-5-12(13)14(16)17-18-15/h3-6,10-11H,7-9H2,1-2H3. The van der Waals surface area contributed by atoms with E-state index < -0.39 is 0 Å². The van der Waals surface area contributed by atoms with Gasteiger partial charge in [0.05, 0.1) is 0 Å². The molecule has 0 unspecified atom stereocenters. The molecule has 1 aliphatic rings. The highest BCUT2D eigenvalue weighted by Gasteiger charge is 2.27. The van der Waals surface area contributed by atoms with Crippen molar-refractivity contribution in [2.45, 2.75) is 32.7 Å². The number of fused-ring (bicyclic) bond motifs is 1. The van der Waals surface area contributed by atoms with Crippen molar-refractivity contribution in [3.8, 4) is 0 Å². The fraction of sp³-hybridized carbons (Fsp3) is 0.467. The fourth-order valence-electron chi connectivity index (χ4n) is 2.39. The van der Waals surface area contributed by atoms with Crippen LogP contribution in [0.25, 0.3) is 10.8 Å². The van der Waals surface area contributed by atoms with Crippen molar-refractivity contribution in [2.75, 3.05) is 11.4 Å². The lowest BCUT2D eigenvalue weighted by atomic mass is 10.1. The molecule has 1 heterocycles. The van der Waals surface area contributed by atoms with Gasteiger partial charge in [-0.15, -0.1) is 10.2 Å². The van der Waals surface area contributed by atoms with Crippen LogP contribution in [-0.4, -0.2) is 22.8 Å². The molecule has 19 heavy (non-hydrogen) atoms. The van der Waals surface area contributed by atoms with Crippen LogP contribution in [-0.2, 0) is 0 Å². The summed E-state index contributed by atoms with van der Waals surface area (Å²) in [4.78, 5) is 2.35. The summed E-state index contributed by atoms with van der Waals surface area (Å²) in [5.41, 5.74) is 0. The van der Waals surface area contributed by atoms with Crippen molar-refractivity contribution in [2.24, 2.45) is 5.92 Å². The molecule has 0 amide bonds. The first-order valence-electron chi connectivity index (χ1n) is 6.84. The zero-order valence-corrected chi connectivity index (χ0v) is 12.1. The van der Waals surface area contributed by atoms with Crippen molar-refractivity contribution in [3.05, 3.63) is 29.4 Å². The van der Waals surface area contributed by atoms with Crippen LogP contribution in [0.5, 0.6) is 0 Å². The summed E-state index contributed by atoms with van der Waals surface area (Å²) < 4.78 is 0. The van der Waals surface area contributed by atoms with Gasteiger partial charge in [0.1, 0.15) is 0 Å². The largest absolute Gasteiger partial charge is 0.352 e. The molecule has 0 radical (unpaired) electrons. The molecule has 1 aromatic heterocycles. The predicted molar refractivity (Wildman–Crippen MR) is 79.8 cm³/mol. The van der Waals surface area contributed by atoms with Gasteiger partial charge in [-0.3, -0.25) is 0 Å². The Balaban J connectivity index is 2.09. The SMILES string of the molecule is CC(C)N(CC1CC1)c1nnc(Cl)c2ccccc12. The molecule has 1 fully saturated rings. The molecular formula is C15H18ClN3. The Hall–Kier alpha value is -1.35. The van der Waals surface area contributed by atoms with Gasteiger partial charge in [0.15, 0.2) is 11.0 Å². The highest BCUT2D eigenvalue weighted by Crippen LogP contribution is 2.34. The van der Waals surface area contributed by atoms with E-state index in [4.69, 9.17) is 11.6 Å². The molecule has 3 nitrogen and oxygen atoms in total. The first kappa shape index (κ1) is 12.7. The summed E-state index contributed by atoms with van der Waals surface area (Å²) >= 11 is 6.14. The maximum Gasteiger partial charge on any atom is 0.159 e. The van der Waals surface area contributed by atoms with E-state index in [1.54, 1.807) is 0 Å². The summed E-state index contributed by atoms with van der Waals surface area (Å²) in [5.74, 6) is 1.78. The summed E-state index contributed by atoms with van der Waals surface area (Å²) in [6.07, 6.45) is 2.67. The molecule has 4 heteroatoms. The number of hydrogen-bond donors (Lipinski definition) is 0. The average Bonchev–Trinajstić information content (AvgIpc) is 3.21. The van der Waals surface area contributed by atoms with Crippen molar-refractivity contribution in [1.82, 2.24) is 10.2 Å². The highest BCUT2D eigenvalue weighted by molar-refractivity contribution is 6.34. The quantitative estimate of drug-likeness (QED) is 0.847. The minimum Gasteiger partial charge on any atom is -0.352 e. The summed E-state index contributed by atoms with van der Waals surface area (Å²) in [5, 5.41) is 11.0. The third-order valence-corrected chi connectivity index (χ3v) is 3.95. The number of nitrogens with zero attached hydrogens (tertiary/aromatic N) is 3. The van der Waals surface area contributed by atoms with E-state index >= 15 is 0 Å². The number of aromatic nitrogens is 2. The van der Waals surface area contributed by atoms with Gasteiger partial charge >= 0.3 is 0 Å². The maximum atomic E-state index is 6.14. The van der Waals surface area contributed by atoms with Crippen molar-refractivity contribution >= 4 is 28.2 Å². The molecule has 0 saturated heterocycles. The van der Waals surface area contributed by atoms with Crippen molar-refractivity contribution in [1.29, 1.82) is 0 Å². The zero-order valence-electron chi connectivity index (χ0n) is 11.3. The molecule has 100 valence electrons. The van der Waals surface area contributed by atoms with E-state index in [1.807, 2.05) is 18.2 Å². The molecule has 0 bridgehead atoms. The van der Waals surface area contributed by atoms with Gasteiger partial charge in [0.25, 0.3) is 0 Å². The van der Waals surface area contributed by atoms with Gasteiger partial charge in [0, 0.05) is 23.4 Å². The molecule has 2 aromatic rings. The van der Waals surface area contributed by atoms with Gasteiger partial charge in [0.2, 0.25) is 0 Å². The average molecular weight is 276 g/mol. The highest BCUT2D eigenvalue weighted by atomic mass is 35.5. The number of halogens is 1. The lowest BCUT2D eigenvalue weighted by Crippen LogP contribution is -2.33. The van der Waals surface area contributed by atoms with Gasteiger partial charge in [-0.1, -0.05) is 35.9 Å². The summed E-state index contributed by atoms with van der Waals surface area (Å²) in [6, 6.07) is 8.51. The third-order valence-electron chi connectivity index (χ3n) is 3.67. The first-order valence-corrected chi connectivity index (χ1v) is 7.22. The van der Waals surface area contributed by atoms with Crippen LogP contribution in [0.2, 0.25) is 5.15 Å². The number of hydrogen-bond acceptors (Lipinski definition) is 3. The minimum absolute atomic E-state index is 0.416. The minimum atomic E-state index is 0.416. The summed E-state index contributed by atoms with van der Waals surface area (Å²) in [7, 11) is 0. The Morgan fingerprint density at radius 3 is 2.53 bits per heavy atom. The second-order valence-corrected chi connectivity index (χ2v) is 5.91. The van der Waals surface area contributed by atoms with E-state index in [2.05, 4.69) is 35.0 Å². The molecule has 0 spiro atoms. The Labute approximate surface area is 118 Å². The van der Waals surface area contributed by atoms with E-state index in [0.717, 1.165) is 29.1 Å². The van der Waals surface area contributed by atoms with Crippen LogP contribution in [0.15, 0.2) is 24.3 Å². The van der Waals surface area contributed by atoms with E-state index in [9.17, 15) is 0 Å².